The smallest absolute Gasteiger partial charge is 0.220 e. The lowest BCUT2D eigenvalue weighted by atomic mass is 10.1. The van der Waals surface area contributed by atoms with Crippen LogP contribution in [0, 0.1) is 5.92 Å². The first-order valence-electron chi connectivity index (χ1n) is 6.06. The topological polar surface area (TPSA) is 63.2 Å². The van der Waals surface area contributed by atoms with Gasteiger partial charge in [0.15, 0.2) is 9.84 Å². The van der Waals surface area contributed by atoms with Crippen LogP contribution in [0.4, 0.5) is 0 Å². The average Bonchev–Trinajstić information content (AvgIpc) is 2.67. The monoisotopic (exact) mass is 267 g/mol. The maximum atomic E-state index is 11.7. The van der Waals surface area contributed by atoms with Crippen molar-refractivity contribution in [3.63, 3.8) is 0 Å². The van der Waals surface area contributed by atoms with Gasteiger partial charge in [-0.1, -0.05) is 30.3 Å². The first kappa shape index (κ1) is 13.1. The van der Waals surface area contributed by atoms with E-state index in [1.54, 1.807) is 0 Å². The molecule has 1 heterocycles. The van der Waals surface area contributed by atoms with Gasteiger partial charge in [0, 0.05) is 13.0 Å². The molecule has 0 radical (unpaired) electrons. The Balaban J connectivity index is 1.76. The second kappa shape index (κ2) is 5.52. The molecular formula is C13H17NO3S. The molecule has 1 aromatic rings. The number of hydrogen-bond donors (Lipinski definition) is 1. The van der Waals surface area contributed by atoms with Crippen LogP contribution in [0.2, 0.25) is 0 Å². The van der Waals surface area contributed by atoms with Gasteiger partial charge in [-0.05, 0) is 17.9 Å². The summed E-state index contributed by atoms with van der Waals surface area (Å²) in [4.78, 5) is 11.7. The van der Waals surface area contributed by atoms with Gasteiger partial charge < -0.3 is 5.32 Å². The van der Waals surface area contributed by atoms with E-state index in [0.717, 1.165) is 5.56 Å². The normalized spacial score (nSPS) is 21.7. The summed E-state index contributed by atoms with van der Waals surface area (Å²) in [5.41, 5.74) is 1.05. The first-order chi connectivity index (χ1) is 8.55. The molecule has 0 spiro atoms. The van der Waals surface area contributed by atoms with Crippen molar-refractivity contribution in [3.8, 4) is 0 Å². The van der Waals surface area contributed by atoms with Crippen molar-refractivity contribution >= 4 is 15.7 Å². The van der Waals surface area contributed by atoms with Gasteiger partial charge in [0.05, 0.1) is 11.5 Å². The molecule has 0 saturated carbocycles. The molecule has 1 fully saturated rings. The molecule has 1 aromatic carbocycles. The van der Waals surface area contributed by atoms with Crippen molar-refractivity contribution in [1.29, 1.82) is 0 Å². The van der Waals surface area contributed by atoms with Crippen LogP contribution < -0.4 is 5.32 Å². The number of nitrogens with one attached hydrogen (secondary N) is 1. The Morgan fingerprint density at radius 2 is 2.00 bits per heavy atom. The van der Waals surface area contributed by atoms with Crippen molar-refractivity contribution in [2.45, 2.75) is 19.4 Å². The zero-order valence-electron chi connectivity index (χ0n) is 10.1. The van der Waals surface area contributed by atoms with Gasteiger partial charge in [-0.2, -0.15) is 0 Å². The minimum absolute atomic E-state index is 0.00854. The lowest BCUT2D eigenvalue weighted by Crippen LogP contribution is -2.25. The molecular weight excluding hydrogens is 250 g/mol. The van der Waals surface area contributed by atoms with Gasteiger partial charge in [-0.3, -0.25) is 4.79 Å². The minimum atomic E-state index is -2.89. The number of benzene rings is 1. The zero-order valence-corrected chi connectivity index (χ0v) is 10.9. The predicted octanol–water partition coefficient (Wildman–Crippen LogP) is 1.13. The lowest BCUT2D eigenvalue weighted by molar-refractivity contribution is -0.122. The molecule has 0 aromatic heterocycles. The Labute approximate surface area is 107 Å². The molecule has 4 nitrogen and oxygen atoms in total. The molecule has 0 unspecified atom stereocenters. The molecule has 0 bridgehead atoms. The van der Waals surface area contributed by atoms with E-state index in [0.29, 0.717) is 19.4 Å². The summed E-state index contributed by atoms with van der Waals surface area (Å²) in [6.45, 7) is 0.499. The number of rotatable bonds is 4. The fourth-order valence-electron chi connectivity index (χ4n) is 2.16. The molecule has 1 amide bonds. The van der Waals surface area contributed by atoms with E-state index in [9.17, 15) is 13.2 Å². The number of hydrogen-bond acceptors (Lipinski definition) is 3. The van der Waals surface area contributed by atoms with Crippen molar-refractivity contribution in [2.75, 3.05) is 11.5 Å². The van der Waals surface area contributed by atoms with Gasteiger partial charge in [-0.15, -0.1) is 0 Å². The van der Waals surface area contributed by atoms with E-state index in [1.807, 2.05) is 30.3 Å². The zero-order chi connectivity index (χ0) is 13.0. The number of amides is 1. The SMILES string of the molecule is O=C(C[C@@H]1CCS(=O)(=O)C1)NCc1ccccc1. The second-order valence-corrected chi connectivity index (χ2v) is 6.96. The van der Waals surface area contributed by atoms with Crippen LogP contribution in [0.3, 0.4) is 0 Å². The highest BCUT2D eigenvalue weighted by atomic mass is 32.2. The summed E-state index contributed by atoms with van der Waals surface area (Å²) < 4.78 is 22.5. The third kappa shape index (κ3) is 3.84. The van der Waals surface area contributed by atoms with Crippen molar-refractivity contribution in [3.05, 3.63) is 35.9 Å². The van der Waals surface area contributed by atoms with Gasteiger partial charge in [0.1, 0.15) is 0 Å². The fraction of sp³-hybridized carbons (Fsp3) is 0.462. The van der Waals surface area contributed by atoms with Crippen LogP contribution in [0.5, 0.6) is 0 Å². The van der Waals surface area contributed by atoms with Crippen molar-refractivity contribution in [2.24, 2.45) is 5.92 Å². The highest BCUT2D eigenvalue weighted by Gasteiger charge is 2.29. The molecule has 1 aliphatic rings. The average molecular weight is 267 g/mol. The Kier molecular flexibility index (Phi) is 4.01. The molecule has 1 atom stereocenters. The van der Waals surface area contributed by atoms with Gasteiger partial charge in [-0.25, -0.2) is 8.42 Å². The second-order valence-electron chi connectivity index (χ2n) is 4.74. The van der Waals surface area contributed by atoms with Crippen LogP contribution in [-0.2, 0) is 21.2 Å². The van der Waals surface area contributed by atoms with Crippen LogP contribution >= 0.6 is 0 Å². The molecule has 2 rings (SSSR count). The number of sulfone groups is 1. The third-order valence-corrected chi connectivity index (χ3v) is 4.97. The predicted molar refractivity (Wildman–Crippen MR) is 69.7 cm³/mol. The first-order valence-corrected chi connectivity index (χ1v) is 7.88. The maximum absolute atomic E-state index is 11.7. The Morgan fingerprint density at radius 3 is 2.61 bits per heavy atom. The summed E-state index contributed by atoms with van der Waals surface area (Å²) in [6.07, 6.45) is 0.924. The van der Waals surface area contributed by atoms with E-state index < -0.39 is 9.84 Å². The van der Waals surface area contributed by atoms with E-state index in [1.165, 1.54) is 0 Å². The largest absolute Gasteiger partial charge is 0.352 e. The van der Waals surface area contributed by atoms with Crippen LogP contribution in [-0.4, -0.2) is 25.8 Å². The van der Waals surface area contributed by atoms with Gasteiger partial charge in [0.2, 0.25) is 5.91 Å². The van der Waals surface area contributed by atoms with Crippen LogP contribution in [0.15, 0.2) is 30.3 Å². The van der Waals surface area contributed by atoms with Gasteiger partial charge in [0.25, 0.3) is 0 Å². The summed E-state index contributed by atoms with van der Waals surface area (Å²) >= 11 is 0. The molecule has 0 aliphatic carbocycles. The Morgan fingerprint density at radius 1 is 1.28 bits per heavy atom. The van der Waals surface area contributed by atoms with Crippen molar-refractivity contribution < 1.29 is 13.2 Å². The summed E-state index contributed by atoms with van der Waals surface area (Å²) in [7, 11) is -2.89. The lowest BCUT2D eigenvalue weighted by Gasteiger charge is -2.08. The number of carbonyl (C=O) groups is 1. The summed E-state index contributed by atoms with van der Waals surface area (Å²) in [6, 6.07) is 9.66. The minimum Gasteiger partial charge on any atom is -0.352 e. The van der Waals surface area contributed by atoms with E-state index in [-0.39, 0.29) is 23.3 Å². The standard InChI is InChI=1S/C13H17NO3S/c15-13(8-12-6-7-18(16,17)10-12)14-9-11-4-2-1-3-5-11/h1-5,12H,6-10H2,(H,14,15)/t12-/m0/s1. The molecule has 1 N–H and O–H groups in total. The molecule has 1 saturated heterocycles. The van der Waals surface area contributed by atoms with Crippen LogP contribution in [0.25, 0.3) is 0 Å². The highest BCUT2D eigenvalue weighted by molar-refractivity contribution is 7.91. The molecule has 18 heavy (non-hydrogen) atoms. The molecule has 98 valence electrons. The molecule has 1 aliphatic heterocycles. The van der Waals surface area contributed by atoms with Crippen molar-refractivity contribution in [1.82, 2.24) is 5.32 Å². The van der Waals surface area contributed by atoms with E-state index in [4.69, 9.17) is 0 Å². The highest BCUT2D eigenvalue weighted by Crippen LogP contribution is 2.21. The third-order valence-electron chi connectivity index (χ3n) is 3.13. The van der Waals surface area contributed by atoms with E-state index >= 15 is 0 Å². The molecule has 5 heteroatoms. The fourth-order valence-corrected chi connectivity index (χ4v) is 4.03. The Bertz CT molecular complexity index is 510. The maximum Gasteiger partial charge on any atom is 0.220 e. The van der Waals surface area contributed by atoms with Gasteiger partial charge >= 0.3 is 0 Å². The van der Waals surface area contributed by atoms with E-state index in [2.05, 4.69) is 5.32 Å². The Hall–Kier alpha value is -1.36. The summed E-state index contributed by atoms with van der Waals surface area (Å²) in [5, 5.41) is 2.82. The quantitative estimate of drug-likeness (QED) is 0.889. The number of carbonyl (C=O) groups excluding carboxylic acids is 1. The summed E-state index contributed by atoms with van der Waals surface area (Å²) in [5.74, 6) is 0.307. The van der Waals surface area contributed by atoms with Crippen LogP contribution in [0.1, 0.15) is 18.4 Å².